The molecule has 2 heterocycles. The first kappa shape index (κ1) is 14.1. The van der Waals surface area contributed by atoms with Gasteiger partial charge in [0, 0.05) is 6.04 Å². The zero-order chi connectivity index (χ0) is 14.0. The van der Waals surface area contributed by atoms with Gasteiger partial charge in [0.25, 0.3) is 0 Å². The monoisotopic (exact) mass is 279 g/mol. The largest absolute Gasteiger partial charge is 0.389 e. The van der Waals surface area contributed by atoms with Gasteiger partial charge < -0.3 is 16.0 Å². The normalized spacial score (nSPS) is 17.4. The van der Waals surface area contributed by atoms with Crippen molar-refractivity contribution < 1.29 is 0 Å². The quantitative estimate of drug-likeness (QED) is 0.811. The molecule has 1 fully saturated rings. The minimum absolute atomic E-state index is 0.380. The molecule has 0 unspecified atom stereocenters. The van der Waals surface area contributed by atoms with Gasteiger partial charge in [-0.3, -0.25) is 0 Å². The van der Waals surface area contributed by atoms with Gasteiger partial charge in [0.2, 0.25) is 0 Å². The molecule has 104 valence electrons. The molecule has 1 aromatic rings. The second kappa shape index (κ2) is 5.79. The van der Waals surface area contributed by atoms with E-state index in [2.05, 4.69) is 27.5 Å². The highest BCUT2D eigenvalue weighted by atomic mass is 32.1. The van der Waals surface area contributed by atoms with Crippen LogP contribution in [0.4, 0.5) is 5.82 Å². The van der Waals surface area contributed by atoms with Gasteiger partial charge in [-0.2, -0.15) is 5.10 Å². The number of aromatic nitrogens is 2. The van der Waals surface area contributed by atoms with Crippen molar-refractivity contribution in [3.63, 3.8) is 0 Å². The Morgan fingerprint density at radius 2 is 1.95 bits per heavy atom. The van der Waals surface area contributed by atoms with Crippen molar-refractivity contribution in [2.75, 3.05) is 25.5 Å². The number of rotatable bonds is 3. The fourth-order valence-electron chi connectivity index (χ4n) is 2.36. The number of hydrogen-bond acceptors (Lipinski definition) is 5. The van der Waals surface area contributed by atoms with E-state index in [1.165, 1.54) is 0 Å². The number of hydrogen-bond donors (Lipinski definition) is 2. The van der Waals surface area contributed by atoms with Crippen LogP contribution in [0.15, 0.2) is 0 Å². The van der Waals surface area contributed by atoms with Crippen LogP contribution >= 0.6 is 12.2 Å². The standard InChI is InChI=1S/C13H21N5S/c1-8-9(2)16-17-13(11(8)12(14)19)15-10-4-6-18(3)7-5-10/h10H,4-7H2,1-3H3,(H2,14,19)(H,15,17). The number of likely N-dealkylation sites (tertiary alicyclic amines) is 1. The summed E-state index contributed by atoms with van der Waals surface area (Å²) in [6.45, 7) is 6.10. The molecular weight excluding hydrogens is 258 g/mol. The number of thiocarbonyl (C=S) groups is 1. The smallest absolute Gasteiger partial charge is 0.159 e. The maximum Gasteiger partial charge on any atom is 0.159 e. The van der Waals surface area contributed by atoms with Crippen LogP contribution in [-0.4, -0.2) is 46.3 Å². The van der Waals surface area contributed by atoms with Gasteiger partial charge >= 0.3 is 0 Å². The molecule has 1 aliphatic rings. The molecule has 1 aromatic heterocycles. The van der Waals surface area contributed by atoms with Crippen molar-refractivity contribution >= 4 is 23.0 Å². The van der Waals surface area contributed by atoms with Gasteiger partial charge in [-0.05, 0) is 52.4 Å². The van der Waals surface area contributed by atoms with E-state index in [0.29, 0.717) is 11.0 Å². The lowest BCUT2D eigenvalue weighted by atomic mass is 10.0. The van der Waals surface area contributed by atoms with E-state index >= 15 is 0 Å². The van der Waals surface area contributed by atoms with Gasteiger partial charge in [-0.25, -0.2) is 0 Å². The van der Waals surface area contributed by atoms with Crippen molar-refractivity contribution in [1.82, 2.24) is 15.1 Å². The molecule has 0 radical (unpaired) electrons. The third-order valence-corrected chi connectivity index (χ3v) is 3.96. The summed E-state index contributed by atoms with van der Waals surface area (Å²) in [5, 5.41) is 11.8. The molecule has 19 heavy (non-hydrogen) atoms. The number of aryl methyl sites for hydroxylation is 1. The predicted octanol–water partition coefficient (Wildman–Crippen LogP) is 1.23. The SMILES string of the molecule is Cc1nnc(NC2CCN(C)CC2)c(C(N)=S)c1C. The lowest BCUT2D eigenvalue weighted by molar-refractivity contribution is 0.263. The minimum Gasteiger partial charge on any atom is -0.389 e. The second-order valence-corrected chi connectivity index (χ2v) is 5.66. The maximum absolute atomic E-state index is 5.83. The van der Waals surface area contributed by atoms with Gasteiger partial charge in [-0.15, -0.1) is 5.10 Å². The summed E-state index contributed by atoms with van der Waals surface area (Å²) in [6, 6.07) is 0.417. The summed E-state index contributed by atoms with van der Waals surface area (Å²) in [5.41, 5.74) is 8.55. The molecule has 5 nitrogen and oxygen atoms in total. The fourth-order valence-corrected chi connectivity index (χ4v) is 2.61. The summed E-state index contributed by atoms with van der Waals surface area (Å²) >= 11 is 5.14. The molecule has 2 rings (SSSR count). The summed E-state index contributed by atoms with van der Waals surface area (Å²) in [4.78, 5) is 2.71. The van der Waals surface area contributed by atoms with Gasteiger partial charge in [0.05, 0.1) is 11.3 Å². The molecular formula is C13H21N5S. The van der Waals surface area contributed by atoms with Crippen LogP contribution < -0.4 is 11.1 Å². The lowest BCUT2D eigenvalue weighted by Gasteiger charge is -2.30. The molecule has 0 aromatic carbocycles. The average molecular weight is 279 g/mol. The summed E-state index contributed by atoms with van der Waals surface area (Å²) in [6.07, 6.45) is 2.20. The molecule has 0 aliphatic carbocycles. The molecule has 0 amide bonds. The highest BCUT2D eigenvalue weighted by Gasteiger charge is 2.20. The zero-order valence-electron chi connectivity index (χ0n) is 11.7. The number of piperidine rings is 1. The molecule has 0 spiro atoms. The predicted molar refractivity (Wildman–Crippen MR) is 81.5 cm³/mol. The Kier molecular flexibility index (Phi) is 4.31. The average Bonchev–Trinajstić information content (AvgIpc) is 2.36. The van der Waals surface area contributed by atoms with Crippen LogP contribution in [0.25, 0.3) is 0 Å². The summed E-state index contributed by atoms with van der Waals surface area (Å²) in [7, 11) is 2.15. The third kappa shape index (κ3) is 3.19. The molecule has 1 aliphatic heterocycles. The zero-order valence-corrected chi connectivity index (χ0v) is 12.5. The van der Waals surface area contributed by atoms with Crippen LogP contribution in [-0.2, 0) is 0 Å². The lowest BCUT2D eigenvalue weighted by Crippen LogP contribution is -2.37. The topological polar surface area (TPSA) is 67.1 Å². The Hall–Kier alpha value is -1.27. The van der Waals surface area contributed by atoms with Crippen LogP contribution in [0, 0.1) is 13.8 Å². The Morgan fingerprint density at radius 1 is 1.32 bits per heavy atom. The number of nitrogens with two attached hydrogens (primary N) is 1. The highest BCUT2D eigenvalue weighted by Crippen LogP contribution is 2.21. The van der Waals surface area contributed by atoms with Crippen LogP contribution in [0.5, 0.6) is 0 Å². The third-order valence-electron chi connectivity index (χ3n) is 3.76. The van der Waals surface area contributed by atoms with Crippen molar-refractivity contribution in [3.05, 3.63) is 16.8 Å². The molecule has 0 atom stereocenters. The Morgan fingerprint density at radius 3 is 2.53 bits per heavy atom. The number of nitrogens with one attached hydrogen (secondary N) is 1. The van der Waals surface area contributed by atoms with E-state index in [4.69, 9.17) is 18.0 Å². The first-order chi connectivity index (χ1) is 8.99. The van der Waals surface area contributed by atoms with Crippen molar-refractivity contribution in [2.45, 2.75) is 32.7 Å². The van der Waals surface area contributed by atoms with E-state index in [9.17, 15) is 0 Å². The van der Waals surface area contributed by atoms with Crippen LogP contribution in [0.1, 0.15) is 29.7 Å². The first-order valence-electron chi connectivity index (χ1n) is 6.57. The molecule has 1 saturated heterocycles. The van der Waals surface area contributed by atoms with Crippen molar-refractivity contribution in [1.29, 1.82) is 0 Å². The van der Waals surface area contributed by atoms with Crippen molar-refractivity contribution in [3.8, 4) is 0 Å². The molecule has 0 saturated carbocycles. The van der Waals surface area contributed by atoms with Crippen LogP contribution in [0.2, 0.25) is 0 Å². The van der Waals surface area contributed by atoms with E-state index < -0.39 is 0 Å². The van der Waals surface area contributed by atoms with Gasteiger partial charge in [0.15, 0.2) is 5.82 Å². The first-order valence-corrected chi connectivity index (χ1v) is 6.98. The van der Waals surface area contributed by atoms with Crippen LogP contribution in [0.3, 0.4) is 0 Å². The fraction of sp³-hybridized carbons (Fsp3) is 0.615. The minimum atomic E-state index is 0.380. The molecule has 0 bridgehead atoms. The molecule has 3 N–H and O–H groups in total. The Balaban J connectivity index is 2.20. The molecule has 6 heteroatoms. The second-order valence-electron chi connectivity index (χ2n) is 5.22. The Bertz CT molecular complexity index is 480. The van der Waals surface area contributed by atoms with Gasteiger partial charge in [-0.1, -0.05) is 12.2 Å². The maximum atomic E-state index is 5.83. The van der Waals surface area contributed by atoms with Gasteiger partial charge in [0.1, 0.15) is 4.99 Å². The number of nitrogens with zero attached hydrogens (tertiary/aromatic N) is 3. The summed E-state index contributed by atoms with van der Waals surface area (Å²) in [5.74, 6) is 0.727. The van der Waals surface area contributed by atoms with E-state index in [0.717, 1.165) is 48.6 Å². The highest BCUT2D eigenvalue weighted by molar-refractivity contribution is 7.80. The Labute approximate surface area is 119 Å². The van der Waals surface area contributed by atoms with Crippen molar-refractivity contribution in [2.24, 2.45) is 5.73 Å². The van der Waals surface area contributed by atoms with E-state index in [1.54, 1.807) is 0 Å². The summed E-state index contributed by atoms with van der Waals surface area (Å²) < 4.78 is 0. The number of anilines is 1. The van der Waals surface area contributed by atoms with E-state index in [1.807, 2.05) is 13.8 Å². The van der Waals surface area contributed by atoms with E-state index in [-0.39, 0.29) is 0 Å².